The van der Waals surface area contributed by atoms with E-state index in [2.05, 4.69) is 19.7 Å². The zero-order valence-electron chi connectivity index (χ0n) is 15.9. The Kier molecular flexibility index (Phi) is 4.83. The number of carbonyl (C=O) groups is 1. The molecule has 1 saturated carbocycles. The van der Waals surface area contributed by atoms with Crippen LogP contribution < -0.4 is 4.72 Å². The first-order chi connectivity index (χ1) is 13.8. The summed E-state index contributed by atoms with van der Waals surface area (Å²) in [4.78, 5) is 24.6. The van der Waals surface area contributed by atoms with Crippen LogP contribution in [0.3, 0.4) is 0 Å². The van der Waals surface area contributed by atoms with Gasteiger partial charge in [0.1, 0.15) is 12.0 Å². The van der Waals surface area contributed by atoms with Crippen LogP contribution in [0.2, 0.25) is 0 Å². The van der Waals surface area contributed by atoms with Gasteiger partial charge in [0.25, 0.3) is 0 Å². The smallest absolute Gasteiger partial charge is 0.301 e. The van der Waals surface area contributed by atoms with Crippen LogP contribution in [-0.2, 0) is 10.2 Å². The molecular weight excluding hydrogens is 397 g/mol. The largest absolute Gasteiger partial charge is 0.345 e. The number of hydrogen-bond acceptors (Lipinski definition) is 5. The topological polar surface area (TPSA) is 108 Å². The van der Waals surface area contributed by atoms with E-state index in [4.69, 9.17) is 0 Å². The molecule has 0 atom stereocenters. The van der Waals surface area contributed by atoms with Crippen LogP contribution in [0.5, 0.6) is 0 Å². The molecule has 29 heavy (non-hydrogen) atoms. The summed E-state index contributed by atoms with van der Waals surface area (Å²) < 4.78 is 42.8. The molecule has 10 heteroatoms. The summed E-state index contributed by atoms with van der Waals surface area (Å²) in [5, 5.41) is 0.594. The van der Waals surface area contributed by atoms with E-state index < -0.39 is 21.8 Å². The van der Waals surface area contributed by atoms with E-state index in [0.29, 0.717) is 11.0 Å². The van der Waals surface area contributed by atoms with Crippen molar-refractivity contribution in [1.82, 2.24) is 19.3 Å². The number of halogens is 1. The van der Waals surface area contributed by atoms with Gasteiger partial charge in [0, 0.05) is 25.7 Å². The molecule has 0 unspecified atom stereocenters. The van der Waals surface area contributed by atoms with Crippen LogP contribution >= 0.6 is 0 Å². The van der Waals surface area contributed by atoms with Gasteiger partial charge in [0.2, 0.25) is 0 Å². The van der Waals surface area contributed by atoms with Crippen LogP contribution in [0.25, 0.3) is 11.0 Å². The molecule has 2 N–H and O–H groups in total. The molecule has 0 radical (unpaired) electrons. The van der Waals surface area contributed by atoms with Crippen molar-refractivity contribution in [1.29, 1.82) is 0 Å². The second kappa shape index (κ2) is 7.20. The summed E-state index contributed by atoms with van der Waals surface area (Å²) in [5.41, 5.74) is 1.06. The summed E-state index contributed by atoms with van der Waals surface area (Å²) in [5.74, 6) is -1.21. The maximum atomic E-state index is 15.1. The Balaban J connectivity index is 1.75. The first kappa shape index (κ1) is 19.5. The number of aromatic amines is 1. The monoisotopic (exact) mass is 417 g/mol. The van der Waals surface area contributed by atoms with Crippen LogP contribution in [0, 0.1) is 5.82 Å². The fourth-order valence-electron chi connectivity index (χ4n) is 3.15. The number of fused-ring (bicyclic) bond motifs is 1. The number of nitrogens with one attached hydrogen (secondary N) is 2. The van der Waals surface area contributed by atoms with Crippen molar-refractivity contribution in [2.24, 2.45) is 0 Å². The van der Waals surface area contributed by atoms with Gasteiger partial charge in [-0.2, -0.15) is 12.7 Å². The molecule has 1 aliphatic rings. The van der Waals surface area contributed by atoms with Crippen LogP contribution in [0.15, 0.2) is 30.7 Å². The molecule has 1 aliphatic carbocycles. The maximum Gasteiger partial charge on any atom is 0.301 e. The van der Waals surface area contributed by atoms with Crippen molar-refractivity contribution in [3.63, 3.8) is 0 Å². The van der Waals surface area contributed by atoms with Crippen molar-refractivity contribution in [3.8, 4) is 0 Å². The van der Waals surface area contributed by atoms with Crippen molar-refractivity contribution >= 4 is 32.7 Å². The number of hydrogen-bond donors (Lipinski definition) is 2. The number of nitrogens with zero attached hydrogens (tertiary/aromatic N) is 3. The lowest BCUT2D eigenvalue weighted by Gasteiger charge is -2.17. The molecule has 2 aromatic heterocycles. The van der Waals surface area contributed by atoms with E-state index >= 15 is 4.39 Å². The highest BCUT2D eigenvalue weighted by molar-refractivity contribution is 7.90. The maximum absolute atomic E-state index is 15.1. The predicted molar refractivity (Wildman–Crippen MR) is 107 cm³/mol. The molecule has 0 bridgehead atoms. The van der Waals surface area contributed by atoms with Crippen molar-refractivity contribution in [2.45, 2.75) is 25.7 Å². The third kappa shape index (κ3) is 3.49. The Morgan fingerprint density at radius 2 is 2.07 bits per heavy atom. The highest BCUT2D eigenvalue weighted by atomic mass is 32.2. The van der Waals surface area contributed by atoms with Crippen LogP contribution in [0.1, 0.15) is 47.3 Å². The molecule has 0 spiro atoms. The summed E-state index contributed by atoms with van der Waals surface area (Å²) in [6.45, 7) is 1.88. The minimum absolute atomic E-state index is 0.217. The molecule has 152 valence electrons. The number of H-pyrrole nitrogens is 1. The summed E-state index contributed by atoms with van der Waals surface area (Å²) in [7, 11) is -2.55. The fraction of sp³-hybridized carbons (Fsp3) is 0.316. The molecule has 4 rings (SSSR count). The third-order valence-electron chi connectivity index (χ3n) is 5.05. The van der Waals surface area contributed by atoms with E-state index in [1.165, 1.54) is 37.8 Å². The lowest BCUT2D eigenvalue weighted by molar-refractivity contribution is 0.103. The Hall–Kier alpha value is -2.85. The van der Waals surface area contributed by atoms with Crippen molar-refractivity contribution in [3.05, 3.63) is 53.4 Å². The zero-order valence-corrected chi connectivity index (χ0v) is 16.8. The van der Waals surface area contributed by atoms with Gasteiger partial charge >= 0.3 is 10.2 Å². The van der Waals surface area contributed by atoms with Gasteiger partial charge < -0.3 is 4.98 Å². The van der Waals surface area contributed by atoms with Crippen molar-refractivity contribution < 1.29 is 17.6 Å². The minimum atomic E-state index is -3.92. The fourth-order valence-corrected chi connectivity index (χ4v) is 4.08. The molecule has 8 nitrogen and oxygen atoms in total. The van der Waals surface area contributed by atoms with Gasteiger partial charge in [-0.25, -0.2) is 14.4 Å². The van der Waals surface area contributed by atoms with Crippen LogP contribution in [-0.4, -0.2) is 47.1 Å². The Morgan fingerprint density at radius 1 is 1.31 bits per heavy atom. The summed E-state index contributed by atoms with van der Waals surface area (Å²) in [6, 6.07) is 4.05. The lowest BCUT2D eigenvalue weighted by atomic mass is 10.0. The van der Waals surface area contributed by atoms with Crippen LogP contribution in [0.4, 0.5) is 10.1 Å². The number of benzene rings is 1. The minimum Gasteiger partial charge on any atom is -0.345 e. The number of aromatic nitrogens is 3. The quantitative estimate of drug-likeness (QED) is 0.575. The second-order valence-corrected chi connectivity index (χ2v) is 8.75. The first-order valence-corrected chi connectivity index (χ1v) is 10.7. The van der Waals surface area contributed by atoms with Gasteiger partial charge in [-0.3, -0.25) is 9.52 Å². The lowest BCUT2D eigenvalue weighted by Crippen LogP contribution is -2.32. The second-order valence-electron chi connectivity index (χ2n) is 6.98. The van der Waals surface area contributed by atoms with E-state index in [1.807, 2.05) is 0 Å². The Morgan fingerprint density at radius 3 is 2.76 bits per heavy atom. The molecule has 0 aliphatic heterocycles. The van der Waals surface area contributed by atoms with E-state index in [9.17, 15) is 13.2 Å². The molecule has 2 heterocycles. The van der Waals surface area contributed by atoms with Crippen molar-refractivity contribution in [2.75, 3.05) is 18.3 Å². The first-order valence-electron chi connectivity index (χ1n) is 9.22. The van der Waals surface area contributed by atoms with Gasteiger partial charge in [0.15, 0.2) is 11.6 Å². The third-order valence-corrected chi connectivity index (χ3v) is 6.60. The zero-order chi connectivity index (χ0) is 20.8. The van der Waals surface area contributed by atoms with Gasteiger partial charge in [-0.15, -0.1) is 0 Å². The van der Waals surface area contributed by atoms with Gasteiger partial charge in [0.05, 0.1) is 27.9 Å². The van der Waals surface area contributed by atoms with E-state index in [0.717, 1.165) is 22.8 Å². The number of anilines is 1. The average molecular weight is 417 g/mol. The molecule has 1 aromatic carbocycles. The van der Waals surface area contributed by atoms with Gasteiger partial charge in [-0.1, -0.05) is 13.0 Å². The normalized spacial score (nSPS) is 14.5. The molecule has 0 saturated heterocycles. The predicted octanol–water partition coefficient (Wildman–Crippen LogP) is 2.81. The SMILES string of the molecule is CCN(C)S(=O)(=O)Nc1cccc(C(=O)c2c[nH]c3ncnc(C4CC4)c23)c1F. The number of rotatable bonds is 7. The summed E-state index contributed by atoms with van der Waals surface area (Å²) in [6.07, 6.45) is 4.92. The standard InChI is InChI=1S/C19H20FN5O3S/c1-3-25(2)29(27,28)24-14-6-4-5-12(16(14)20)18(26)13-9-21-19-15(13)17(11-7-8-11)22-10-23-19/h4-6,9-11,24H,3,7-8H2,1-2H3,(H,21,22,23). The highest BCUT2D eigenvalue weighted by Gasteiger charge is 2.31. The molecule has 3 aromatic rings. The molecule has 0 amide bonds. The number of carbonyl (C=O) groups excluding carboxylic acids is 1. The van der Waals surface area contributed by atoms with E-state index in [-0.39, 0.29) is 29.3 Å². The summed E-state index contributed by atoms with van der Waals surface area (Å²) >= 11 is 0. The average Bonchev–Trinajstić information content (AvgIpc) is 3.46. The molecule has 1 fully saturated rings. The number of ketones is 1. The van der Waals surface area contributed by atoms with E-state index in [1.54, 1.807) is 6.92 Å². The van der Waals surface area contributed by atoms with Gasteiger partial charge in [-0.05, 0) is 25.0 Å². The Labute approximate surface area is 167 Å². The molecular formula is C19H20FN5O3S. The highest BCUT2D eigenvalue weighted by Crippen LogP contribution is 2.42. The Bertz CT molecular complexity index is 1200.